The van der Waals surface area contributed by atoms with Crippen molar-refractivity contribution in [2.45, 2.75) is 5.03 Å². The topological polar surface area (TPSA) is 165 Å². The summed E-state index contributed by atoms with van der Waals surface area (Å²) >= 11 is 0.556. The Labute approximate surface area is 185 Å². The number of H-pyrrole nitrogens is 1. The van der Waals surface area contributed by atoms with Crippen LogP contribution in [-0.4, -0.2) is 21.9 Å². The summed E-state index contributed by atoms with van der Waals surface area (Å²) in [6.07, 6.45) is 0. The lowest BCUT2D eigenvalue weighted by Crippen LogP contribution is -2.34. The van der Waals surface area contributed by atoms with E-state index in [0.717, 1.165) is 4.68 Å². The number of carbonyl (C=O) groups excluding carboxylic acids is 1. The maximum absolute atomic E-state index is 13.8. The van der Waals surface area contributed by atoms with Crippen LogP contribution in [0.1, 0.15) is 11.1 Å². The minimum Gasteiger partial charge on any atom is -0.383 e. The van der Waals surface area contributed by atoms with Crippen LogP contribution in [-0.2, 0) is 11.8 Å². The van der Waals surface area contributed by atoms with Gasteiger partial charge >= 0.3 is 11.3 Å². The maximum atomic E-state index is 13.8. The minimum absolute atomic E-state index is 0.0171. The summed E-state index contributed by atoms with van der Waals surface area (Å²) < 4.78 is 59.9. The number of nitrogens with two attached hydrogens (primary N) is 1. The zero-order valence-electron chi connectivity index (χ0n) is 16.3. The molecule has 0 aliphatic heterocycles. The molecule has 0 aliphatic rings. The number of carbonyl (C=O) groups is 1. The van der Waals surface area contributed by atoms with Crippen molar-refractivity contribution in [1.82, 2.24) is 10.3 Å². The third-order valence-corrected chi connectivity index (χ3v) is 5.15. The van der Waals surface area contributed by atoms with Gasteiger partial charge in [-0.3, -0.25) is 9.32 Å². The SMILES string of the molecule is C[n+]1[nH]oc(=O)c1-c1c(C#N)c(N)nc(SCC(=O)Nc2c(F)c(F)cc(F)c2F)c1C#N. The molecule has 2 heterocycles. The van der Waals surface area contributed by atoms with E-state index in [2.05, 4.69) is 14.8 Å². The molecule has 0 spiro atoms. The number of halogens is 4. The zero-order chi connectivity index (χ0) is 24.4. The lowest BCUT2D eigenvalue weighted by Gasteiger charge is -2.11. The van der Waals surface area contributed by atoms with Crippen molar-refractivity contribution in [3.8, 4) is 23.4 Å². The average Bonchev–Trinajstić information content (AvgIpc) is 3.10. The highest BCUT2D eigenvalue weighted by atomic mass is 32.2. The Balaban J connectivity index is 1.98. The van der Waals surface area contributed by atoms with Gasteiger partial charge in [-0.25, -0.2) is 27.3 Å². The third-order valence-electron chi connectivity index (χ3n) is 4.17. The average molecular weight is 480 g/mol. The van der Waals surface area contributed by atoms with Gasteiger partial charge in [0, 0.05) is 6.07 Å². The van der Waals surface area contributed by atoms with Crippen LogP contribution in [0.3, 0.4) is 0 Å². The number of aromatic nitrogens is 3. The highest BCUT2D eigenvalue weighted by Gasteiger charge is 2.31. The Morgan fingerprint density at radius 2 is 1.85 bits per heavy atom. The molecule has 0 unspecified atom stereocenters. The van der Waals surface area contributed by atoms with Crippen LogP contribution in [0.4, 0.5) is 29.1 Å². The molecule has 0 radical (unpaired) electrons. The molecule has 0 saturated carbocycles. The van der Waals surface area contributed by atoms with Gasteiger partial charge in [0.15, 0.2) is 30.3 Å². The molecule has 3 aromatic rings. The summed E-state index contributed by atoms with van der Waals surface area (Å²) in [4.78, 5) is 28.1. The lowest BCUT2D eigenvalue weighted by atomic mass is 10.0. The second-order valence-corrected chi connectivity index (χ2v) is 7.18. The summed E-state index contributed by atoms with van der Waals surface area (Å²) in [5, 5.41) is 22.8. The number of amides is 1. The second-order valence-electron chi connectivity index (χ2n) is 6.22. The molecule has 1 amide bonds. The van der Waals surface area contributed by atoms with Crippen LogP contribution in [0.25, 0.3) is 11.3 Å². The van der Waals surface area contributed by atoms with E-state index >= 15 is 0 Å². The van der Waals surface area contributed by atoms with Gasteiger partial charge in [0.05, 0.1) is 11.3 Å². The van der Waals surface area contributed by atoms with Gasteiger partial charge in [-0.1, -0.05) is 16.4 Å². The van der Waals surface area contributed by atoms with Crippen molar-refractivity contribution in [3.63, 3.8) is 0 Å². The number of aryl methyl sites for hydroxylation is 1. The van der Waals surface area contributed by atoms with Gasteiger partial charge in [-0.2, -0.15) is 10.5 Å². The molecule has 0 saturated heterocycles. The molecule has 2 aromatic heterocycles. The van der Waals surface area contributed by atoms with Gasteiger partial charge in [0.1, 0.15) is 39.8 Å². The number of hydrogen-bond donors (Lipinski definition) is 3. The largest absolute Gasteiger partial charge is 0.435 e. The number of anilines is 2. The Kier molecular flexibility index (Phi) is 6.36. The summed E-state index contributed by atoms with van der Waals surface area (Å²) in [6, 6.07) is 3.49. The Bertz CT molecular complexity index is 1410. The van der Waals surface area contributed by atoms with E-state index in [1.54, 1.807) is 17.5 Å². The molecule has 4 N–H and O–H groups in total. The number of hydrogen-bond acceptors (Lipinski definition) is 8. The molecular formula is C18H10F4N7O3S+. The minimum atomic E-state index is -1.81. The number of rotatable bonds is 5. The summed E-state index contributed by atoms with van der Waals surface area (Å²) in [5.74, 6) is -9.17. The quantitative estimate of drug-likeness (QED) is 0.214. The molecule has 33 heavy (non-hydrogen) atoms. The molecule has 0 fully saturated rings. The number of thioether (sulfide) groups is 1. The van der Waals surface area contributed by atoms with Crippen LogP contribution in [0.2, 0.25) is 0 Å². The first-order valence-electron chi connectivity index (χ1n) is 8.57. The van der Waals surface area contributed by atoms with Crippen molar-refractivity contribution >= 4 is 29.2 Å². The van der Waals surface area contributed by atoms with Gasteiger partial charge in [0.25, 0.3) is 0 Å². The van der Waals surface area contributed by atoms with Gasteiger partial charge in [0.2, 0.25) is 5.91 Å². The number of aromatic amines is 1. The van der Waals surface area contributed by atoms with Gasteiger partial charge in [-0.05, 0) is 5.27 Å². The fraction of sp³-hybridized carbons (Fsp3) is 0.111. The normalized spacial score (nSPS) is 10.5. The summed E-state index contributed by atoms with van der Waals surface area (Å²) in [6.45, 7) is 0. The predicted molar refractivity (Wildman–Crippen MR) is 103 cm³/mol. The predicted octanol–water partition coefficient (Wildman–Crippen LogP) is 1.47. The van der Waals surface area contributed by atoms with Crippen molar-refractivity contribution < 1.29 is 31.6 Å². The van der Waals surface area contributed by atoms with E-state index in [1.165, 1.54) is 7.05 Å². The molecule has 0 bridgehead atoms. The monoisotopic (exact) mass is 480 g/mol. The number of nitriles is 2. The fourth-order valence-electron chi connectivity index (χ4n) is 2.74. The first-order valence-corrected chi connectivity index (χ1v) is 9.56. The third kappa shape index (κ3) is 4.21. The van der Waals surface area contributed by atoms with E-state index < -0.39 is 46.2 Å². The molecule has 0 atom stereocenters. The standard InChI is InChI=1S/C18H9F4N7O3S/c1-29-15(18(31)32-28-29)11-6(3-23)16(25)27-17(7(11)4-24)33-5-10(30)26-14-12(21)8(19)2-9(20)13(14)22/h2H,5H2,1H3,(H3-,25,26,27,28,30,31)/p+1. The van der Waals surface area contributed by atoms with Gasteiger partial charge in [-0.15, -0.1) is 0 Å². The van der Waals surface area contributed by atoms with E-state index in [1.807, 2.05) is 0 Å². The summed E-state index contributed by atoms with van der Waals surface area (Å²) in [5.41, 5.74) is 2.46. The van der Waals surface area contributed by atoms with Crippen molar-refractivity contribution in [3.05, 3.63) is 50.9 Å². The molecule has 3 rings (SSSR count). The van der Waals surface area contributed by atoms with Crippen LogP contribution in [0.5, 0.6) is 0 Å². The van der Waals surface area contributed by atoms with Gasteiger partial charge < -0.3 is 11.1 Å². The van der Waals surface area contributed by atoms with Crippen molar-refractivity contribution in [2.24, 2.45) is 7.05 Å². The fourth-order valence-corrected chi connectivity index (χ4v) is 3.54. The number of benzene rings is 1. The molecule has 168 valence electrons. The molecular weight excluding hydrogens is 470 g/mol. The van der Waals surface area contributed by atoms with E-state index in [-0.39, 0.29) is 39.3 Å². The highest BCUT2D eigenvalue weighted by Crippen LogP contribution is 2.33. The first kappa shape index (κ1) is 23.3. The lowest BCUT2D eigenvalue weighted by molar-refractivity contribution is -0.730. The van der Waals surface area contributed by atoms with Crippen molar-refractivity contribution in [1.29, 1.82) is 10.5 Å². The smallest absolute Gasteiger partial charge is 0.383 e. The Morgan fingerprint density at radius 3 is 2.36 bits per heavy atom. The highest BCUT2D eigenvalue weighted by molar-refractivity contribution is 8.00. The van der Waals surface area contributed by atoms with E-state index in [0.29, 0.717) is 11.8 Å². The molecule has 0 aliphatic carbocycles. The molecule has 1 aromatic carbocycles. The number of pyridine rings is 1. The zero-order valence-corrected chi connectivity index (χ0v) is 17.1. The molecule has 15 heteroatoms. The van der Waals surface area contributed by atoms with Crippen LogP contribution in [0, 0.1) is 45.9 Å². The summed E-state index contributed by atoms with van der Waals surface area (Å²) in [7, 11) is 1.36. The van der Waals surface area contributed by atoms with Crippen LogP contribution < -0.4 is 21.4 Å². The molecule has 10 nitrogen and oxygen atoms in total. The van der Waals surface area contributed by atoms with Crippen molar-refractivity contribution in [2.75, 3.05) is 16.8 Å². The van der Waals surface area contributed by atoms with E-state index in [9.17, 15) is 37.7 Å². The number of nitrogens with one attached hydrogen (secondary N) is 2. The number of nitrogens with zero attached hydrogens (tertiary/aromatic N) is 4. The van der Waals surface area contributed by atoms with Crippen LogP contribution in [0.15, 0.2) is 20.4 Å². The second kappa shape index (κ2) is 9.01. The first-order chi connectivity index (χ1) is 15.6. The Hall–Kier alpha value is -4.37. The van der Waals surface area contributed by atoms with Crippen LogP contribution >= 0.6 is 11.8 Å². The van der Waals surface area contributed by atoms with E-state index in [4.69, 9.17) is 5.73 Å². The maximum Gasteiger partial charge on any atom is 0.435 e. The number of nitrogen functional groups attached to an aromatic ring is 1. The Morgan fingerprint density at radius 1 is 1.24 bits per heavy atom.